The average Bonchev–Trinajstić information content (AvgIpc) is 3.07. The Hall–Kier alpha value is -3.46. The number of hydrogen-bond acceptors (Lipinski definition) is 2. The fraction of sp³-hybridized carbons (Fsp3) is 0.241. The molecule has 2 aromatic carbocycles. The second-order valence-corrected chi connectivity index (χ2v) is 8.89. The van der Waals surface area contributed by atoms with E-state index in [1.54, 1.807) is 0 Å². The molecule has 0 saturated carbocycles. The van der Waals surface area contributed by atoms with Crippen molar-refractivity contribution in [1.29, 1.82) is 0 Å². The van der Waals surface area contributed by atoms with Gasteiger partial charge in [0.1, 0.15) is 0 Å². The van der Waals surface area contributed by atoms with E-state index in [0.717, 1.165) is 28.1 Å². The van der Waals surface area contributed by atoms with Crippen LogP contribution in [0, 0.1) is 6.92 Å². The maximum absolute atomic E-state index is 4.76. The largest absolute Gasteiger partial charge is 0.315 e. The van der Waals surface area contributed by atoms with E-state index in [1.807, 2.05) is 18.5 Å². The summed E-state index contributed by atoms with van der Waals surface area (Å²) in [5, 5.41) is 0. The van der Waals surface area contributed by atoms with Gasteiger partial charge in [-0.25, -0.2) is 0 Å². The molecule has 0 spiro atoms. The first-order valence-electron chi connectivity index (χ1n) is 11.3. The number of benzene rings is 2. The van der Waals surface area contributed by atoms with Crippen molar-refractivity contribution in [2.75, 3.05) is 0 Å². The van der Waals surface area contributed by atoms with Gasteiger partial charge in [-0.3, -0.25) is 9.98 Å². The number of rotatable bonds is 6. The maximum Gasteiger partial charge on any atom is 0.0675 e. The van der Waals surface area contributed by atoms with Gasteiger partial charge in [-0.05, 0) is 71.8 Å². The molecule has 0 amide bonds. The van der Waals surface area contributed by atoms with Gasteiger partial charge in [-0.2, -0.15) is 0 Å². The lowest BCUT2D eigenvalue weighted by Crippen LogP contribution is -1.92. The molecular formula is C29H31N3. The first kappa shape index (κ1) is 21.8. The summed E-state index contributed by atoms with van der Waals surface area (Å²) in [5.74, 6) is 1.04. The Bertz CT molecular complexity index is 1160. The minimum atomic E-state index is 0.522. The van der Waals surface area contributed by atoms with E-state index in [-0.39, 0.29) is 0 Å². The Morgan fingerprint density at radius 1 is 0.688 bits per heavy atom. The third-order valence-corrected chi connectivity index (χ3v) is 5.98. The summed E-state index contributed by atoms with van der Waals surface area (Å²) >= 11 is 0. The number of aliphatic imine (C=N–C) groups is 2. The van der Waals surface area contributed by atoms with Crippen molar-refractivity contribution in [3.63, 3.8) is 0 Å². The van der Waals surface area contributed by atoms with Crippen LogP contribution in [0.4, 0.5) is 11.4 Å². The van der Waals surface area contributed by atoms with Crippen molar-refractivity contribution in [3.05, 3.63) is 101 Å². The van der Waals surface area contributed by atoms with E-state index < -0.39 is 0 Å². The summed E-state index contributed by atoms with van der Waals surface area (Å²) in [7, 11) is 0. The summed E-state index contributed by atoms with van der Waals surface area (Å²) in [6, 6.07) is 23.2. The quantitative estimate of drug-likeness (QED) is 0.282. The van der Waals surface area contributed by atoms with E-state index in [4.69, 9.17) is 9.98 Å². The van der Waals surface area contributed by atoms with Crippen LogP contribution in [0.1, 0.15) is 67.5 Å². The molecule has 0 aliphatic rings. The molecule has 0 radical (unpaired) electrons. The zero-order valence-corrected chi connectivity index (χ0v) is 19.6. The van der Waals surface area contributed by atoms with Crippen LogP contribution in [0.2, 0.25) is 0 Å². The third kappa shape index (κ3) is 4.57. The average molecular weight is 422 g/mol. The molecule has 0 aliphatic carbocycles. The first-order valence-corrected chi connectivity index (χ1v) is 11.3. The third-order valence-electron chi connectivity index (χ3n) is 5.98. The standard InChI is InChI=1S/C29H31N3/c1-20(2)23-9-13-25(14-10-23)30-18-27-22(5)29(32-17-7-6-8-28(27)32)19-31-26-15-11-24(12-16-26)21(3)4/h6-21H,1-5H3. The van der Waals surface area contributed by atoms with Gasteiger partial charge in [-0.15, -0.1) is 0 Å². The molecule has 0 aliphatic heterocycles. The van der Waals surface area contributed by atoms with E-state index >= 15 is 0 Å². The lowest BCUT2D eigenvalue weighted by molar-refractivity contribution is 0.867. The molecular weight excluding hydrogens is 390 g/mol. The highest BCUT2D eigenvalue weighted by Gasteiger charge is 2.12. The predicted molar refractivity (Wildman–Crippen MR) is 138 cm³/mol. The fourth-order valence-electron chi connectivity index (χ4n) is 3.87. The highest BCUT2D eigenvalue weighted by molar-refractivity contribution is 5.98. The van der Waals surface area contributed by atoms with E-state index in [9.17, 15) is 0 Å². The van der Waals surface area contributed by atoms with Gasteiger partial charge >= 0.3 is 0 Å². The minimum absolute atomic E-state index is 0.522. The highest BCUT2D eigenvalue weighted by Crippen LogP contribution is 2.24. The van der Waals surface area contributed by atoms with Gasteiger partial charge in [0.25, 0.3) is 0 Å². The predicted octanol–water partition coefficient (Wildman–Crippen LogP) is 8.00. The monoisotopic (exact) mass is 421 g/mol. The number of hydrogen-bond donors (Lipinski definition) is 0. The number of fused-ring (bicyclic) bond motifs is 1. The lowest BCUT2D eigenvalue weighted by Gasteiger charge is -2.04. The van der Waals surface area contributed by atoms with Gasteiger partial charge in [0, 0.05) is 18.0 Å². The molecule has 32 heavy (non-hydrogen) atoms. The molecule has 162 valence electrons. The Morgan fingerprint density at radius 2 is 1.22 bits per heavy atom. The van der Waals surface area contributed by atoms with Gasteiger partial charge < -0.3 is 4.40 Å². The minimum Gasteiger partial charge on any atom is -0.315 e. The van der Waals surface area contributed by atoms with Crippen molar-refractivity contribution < 1.29 is 0 Å². The first-order chi connectivity index (χ1) is 15.4. The Balaban J connectivity index is 1.67. The molecule has 0 fully saturated rings. The van der Waals surface area contributed by atoms with Crippen LogP contribution in [-0.4, -0.2) is 16.8 Å². The lowest BCUT2D eigenvalue weighted by atomic mass is 10.0. The van der Waals surface area contributed by atoms with Crippen LogP contribution < -0.4 is 0 Å². The molecule has 3 heteroatoms. The van der Waals surface area contributed by atoms with Crippen LogP contribution >= 0.6 is 0 Å². The molecule has 0 N–H and O–H groups in total. The zero-order chi connectivity index (χ0) is 22.7. The number of aromatic nitrogens is 1. The van der Waals surface area contributed by atoms with Crippen molar-refractivity contribution in [1.82, 2.24) is 4.40 Å². The van der Waals surface area contributed by atoms with Crippen molar-refractivity contribution in [3.8, 4) is 0 Å². The van der Waals surface area contributed by atoms with Crippen molar-refractivity contribution in [2.24, 2.45) is 9.98 Å². The van der Waals surface area contributed by atoms with Crippen molar-refractivity contribution >= 4 is 29.3 Å². The maximum atomic E-state index is 4.76. The van der Waals surface area contributed by atoms with Crippen LogP contribution in [0.25, 0.3) is 5.52 Å². The molecule has 0 saturated heterocycles. The molecule has 4 aromatic rings. The summed E-state index contributed by atoms with van der Waals surface area (Å²) < 4.78 is 2.19. The molecule has 3 nitrogen and oxygen atoms in total. The SMILES string of the molecule is Cc1c(C=Nc2ccc(C(C)C)cc2)c2ccccn2c1C=Nc1ccc(C(C)C)cc1. The summed E-state index contributed by atoms with van der Waals surface area (Å²) in [6.07, 6.45) is 6.02. The van der Waals surface area contributed by atoms with Crippen molar-refractivity contribution in [2.45, 2.75) is 46.5 Å². The van der Waals surface area contributed by atoms with Gasteiger partial charge in [0.05, 0.1) is 28.8 Å². The molecule has 2 aromatic heterocycles. The van der Waals surface area contributed by atoms with Crippen LogP contribution in [-0.2, 0) is 0 Å². The summed E-state index contributed by atoms with van der Waals surface area (Å²) in [5.41, 5.74) is 9.07. The van der Waals surface area contributed by atoms with Crippen LogP contribution in [0.15, 0.2) is 82.9 Å². The second kappa shape index (κ2) is 9.35. The smallest absolute Gasteiger partial charge is 0.0675 e. The van der Waals surface area contributed by atoms with Crippen LogP contribution in [0.5, 0.6) is 0 Å². The van der Waals surface area contributed by atoms with E-state index in [2.05, 4.69) is 106 Å². The number of pyridine rings is 1. The summed E-state index contributed by atoms with van der Waals surface area (Å²) in [6.45, 7) is 11.0. The Morgan fingerprint density at radius 3 is 1.75 bits per heavy atom. The second-order valence-electron chi connectivity index (χ2n) is 8.89. The molecule has 0 atom stereocenters. The van der Waals surface area contributed by atoms with Crippen LogP contribution in [0.3, 0.4) is 0 Å². The van der Waals surface area contributed by atoms with E-state index in [0.29, 0.717) is 11.8 Å². The topological polar surface area (TPSA) is 29.1 Å². The normalized spacial score (nSPS) is 12.2. The molecule has 0 unspecified atom stereocenters. The summed E-state index contributed by atoms with van der Waals surface area (Å²) in [4.78, 5) is 9.52. The van der Waals surface area contributed by atoms with Gasteiger partial charge in [0.15, 0.2) is 0 Å². The Labute approximate surface area is 191 Å². The van der Waals surface area contributed by atoms with Gasteiger partial charge in [0.2, 0.25) is 0 Å². The number of nitrogens with zero attached hydrogens (tertiary/aromatic N) is 3. The molecule has 4 rings (SSSR count). The highest BCUT2D eigenvalue weighted by atomic mass is 14.9. The molecule has 0 bridgehead atoms. The van der Waals surface area contributed by atoms with E-state index in [1.165, 1.54) is 16.7 Å². The fourth-order valence-corrected chi connectivity index (χ4v) is 3.87. The molecule has 2 heterocycles. The Kier molecular flexibility index (Phi) is 6.36. The zero-order valence-electron chi connectivity index (χ0n) is 19.6. The van der Waals surface area contributed by atoms with Gasteiger partial charge in [-0.1, -0.05) is 58.0 Å².